The summed E-state index contributed by atoms with van der Waals surface area (Å²) >= 11 is 0. The molecule has 0 amide bonds. The van der Waals surface area contributed by atoms with E-state index in [2.05, 4.69) is 36.9 Å². The van der Waals surface area contributed by atoms with Crippen molar-refractivity contribution in [3.05, 3.63) is 29.3 Å². The number of benzene rings is 1. The van der Waals surface area contributed by atoms with Crippen LogP contribution in [0, 0.1) is 19.8 Å². The van der Waals surface area contributed by atoms with Crippen molar-refractivity contribution in [3.63, 3.8) is 0 Å². The molecule has 1 aliphatic heterocycles. The maximum atomic E-state index is 5.96. The van der Waals surface area contributed by atoms with Crippen molar-refractivity contribution in [2.24, 2.45) is 11.7 Å². The molecular weight excluding hydrogens is 236 g/mol. The lowest BCUT2D eigenvalue weighted by molar-refractivity contribution is 0.156. The lowest BCUT2D eigenvalue weighted by Crippen LogP contribution is -2.38. The summed E-state index contributed by atoms with van der Waals surface area (Å²) in [5.41, 5.74) is 8.16. The normalized spacial score (nSPS) is 17.6. The van der Waals surface area contributed by atoms with E-state index < -0.39 is 0 Å². The van der Waals surface area contributed by atoms with Crippen molar-refractivity contribution in [1.82, 2.24) is 4.90 Å². The molecule has 0 unspecified atom stereocenters. The standard InChI is InChI=1S/C16H26N2O/c1-13-4-3-5-14(2)16(13)19-11-10-18-8-6-15(12-17)7-9-18/h3-5,15H,6-12,17H2,1-2H3. The molecule has 3 heteroatoms. The Morgan fingerprint density at radius 1 is 1.21 bits per heavy atom. The molecule has 1 saturated heterocycles. The van der Waals surface area contributed by atoms with Gasteiger partial charge >= 0.3 is 0 Å². The number of rotatable bonds is 5. The lowest BCUT2D eigenvalue weighted by Gasteiger charge is -2.31. The van der Waals surface area contributed by atoms with Gasteiger partial charge in [0, 0.05) is 6.54 Å². The van der Waals surface area contributed by atoms with Crippen LogP contribution in [0.4, 0.5) is 0 Å². The summed E-state index contributed by atoms with van der Waals surface area (Å²) in [7, 11) is 0. The molecule has 0 bridgehead atoms. The molecule has 1 fully saturated rings. The molecule has 1 aromatic carbocycles. The van der Waals surface area contributed by atoms with Crippen LogP contribution in [0.15, 0.2) is 18.2 Å². The molecule has 0 saturated carbocycles. The van der Waals surface area contributed by atoms with E-state index in [0.29, 0.717) is 0 Å². The second-order valence-electron chi connectivity index (χ2n) is 5.59. The molecule has 3 nitrogen and oxygen atoms in total. The van der Waals surface area contributed by atoms with Crippen molar-refractivity contribution < 1.29 is 4.74 Å². The van der Waals surface area contributed by atoms with Gasteiger partial charge in [0.15, 0.2) is 0 Å². The van der Waals surface area contributed by atoms with Crippen LogP contribution < -0.4 is 10.5 Å². The van der Waals surface area contributed by atoms with Gasteiger partial charge in [-0.05, 0) is 63.4 Å². The number of hydrogen-bond acceptors (Lipinski definition) is 3. The molecule has 0 radical (unpaired) electrons. The van der Waals surface area contributed by atoms with E-state index in [1.54, 1.807) is 0 Å². The first kappa shape index (κ1) is 14.4. The second-order valence-corrected chi connectivity index (χ2v) is 5.59. The van der Waals surface area contributed by atoms with Gasteiger partial charge in [0.05, 0.1) is 0 Å². The van der Waals surface area contributed by atoms with Crippen molar-refractivity contribution in [2.75, 3.05) is 32.8 Å². The summed E-state index contributed by atoms with van der Waals surface area (Å²) in [6.45, 7) is 9.18. The monoisotopic (exact) mass is 262 g/mol. The zero-order valence-electron chi connectivity index (χ0n) is 12.2. The first-order valence-electron chi connectivity index (χ1n) is 7.32. The first-order chi connectivity index (χ1) is 9.20. The van der Waals surface area contributed by atoms with Crippen LogP contribution in [0.5, 0.6) is 5.75 Å². The summed E-state index contributed by atoms with van der Waals surface area (Å²) in [6.07, 6.45) is 2.47. The minimum absolute atomic E-state index is 0.732. The van der Waals surface area contributed by atoms with E-state index in [1.165, 1.54) is 24.0 Å². The Morgan fingerprint density at radius 2 is 1.84 bits per heavy atom. The van der Waals surface area contributed by atoms with Gasteiger partial charge in [-0.1, -0.05) is 18.2 Å². The number of ether oxygens (including phenoxy) is 1. The molecule has 1 heterocycles. The summed E-state index contributed by atoms with van der Waals surface area (Å²) in [5, 5.41) is 0. The van der Waals surface area contributed by atoms with Crippen molar-refractivity contribution in [3.8, 4) is 5.75 Å². The number of nitrogens with two attached hydrogens (primary N) is 1. The fraction of sp³-hybridized carbons (Fsp3) is 0.625. The zero-order valence-corrected chi connectivity index (χ0v) is 12.2. The summed E-state index contributed by atoms with van der Waals surface area (Å²) in [5.74, 6) is 1.79. The van der Waals surface area contributed by atoms with E-state index in [0.717, 1.165) is 44.5 Å². The van der Waals surface area contributed by atoms with E-state index in [-0.39, 0.29) is 0 Å². The fourth-order valence-corrected chi connectivity index (χ4v) is 2.75. The van der Waals surface area contributed by atoms with E-state index in [1.807, 2.05) is 0 Å². The number of piperidine rings is 1. The van der Waals surface area contributed by atoms with Crippen LogP contribution in [-0.4, -0.2) is 37.7 Å². The highest BCUT2D eigenvalue weighted by molar-refractivity contribution is 5.39. The molecule has 0 spiro atoms. The average Bonchev–Trinajstić information content (AvgIpc) is 2.43. The highest BCUT2D eigenvalue weighted by Gasteiger charge is 2.17. The number of hydrogen-bond donors (Lipinski definition) is 1. The summed E-state index contributed by atoms with van der Waals surface area (Å²) in [6, 6.07) is 6.29. The molecule has 106 valence electrons. The van der Waals surface area contributed by atoms with Gasteiger partial charge < -0.3 is 10.5 Å². The number of likely N-dealkylation sites (tertiary alicyclic amines) is 1. The molecule has 1 aliphatic rings. The SMILES string of the molecule is Cc1cccc(C)c1OCCN1CCC(CN)CC1. The van der Waals surface area contributed by atoms with Gasteiger partial charge in [-0.2, -0.15) is 0 Å². The van der Waals surface area contributed by atoms with Crippen molar-refractivity contribution in [2.45, 2.75) is 26.7 Å². The van der Waals surface area contributed by atoms with Gasteiger partial charge in [0.2, 0.25) is 0 Å². The van der Waals surface area contributed by atoms with Crippen LogP contribution in [0.1, 0.15) is 24.0 Å². The van der Waals surface area contributed by atoms with Gasteiger partial charge in [-0.25, -0.2) is 0 Å². The Hall–Kier alpha value is -1.06. The third-order valence-corrected chi connectivity index (χ3v) is 4.10. The molecule has 2 rings (SSSR count). The molecule has 1 aromatic rings. The van der Waals surface area contributed by atoms with Gasteiger partial charge in [-0.3, -0.25) is 4.90 Å². The molecule has 0 aromatic heterocycles. The third kappa shape index (κ3) is 3.95. The Balaban J connectivity index is 1.75. The number of aryl methyl sites for hydroxylation is 2. The maximum absolute atomic E-state index is 5.96. The third-order valence-electron chi connectivity index (χ3n) is 4.10. The molecule has 2 N–H and O–H groups in total. The average molecular weight is 262 g/mol. The van der Waals surface area contributed by atoms with Crippen LogP contribution in [0.3, 0.4) is 0 Å². The van der Waals surface area contributed by atoms with Crippen LogP contribution in [-0.2, 0) is 0 Å². The Bertz CT molecular complexity index is 377. The topological polar surface area (TPSA) is 38.5 Å². The highest BCUT2D eigenvalue weighted by Crippen LogP contribution is 2.22. The smallest absolute Gasteiger partial charge is 0.125 e. The quantitative estimate of drug-likeness (QED) is 0.885. The predicted octanol–water partition coefficient (Wildman–Crippen LogP) is 2.35. The largest absolute Gasteiger partial charge is 0.492 e. The Kier molecular flexibility index (Phi) is 5.23. The van der Waals surface area contributed by atoms with Crippen LogP contribution >= 0.6 is 0 Å². The van der Waals surface area contributed by atoms with E-state index in [9.17, 15) is 0 Å². The van der Waals surface area contributed by atoms with E-state index >= 15 is 0 Å². The second kappa shape index (κ2) is 6.92. The fourth-order valence-electron chi connectivity index (χ4n) is 2.75. The summed E-state index contributed by atoms with van der Waals surface area (Å²) in [4.78, 5) is 2.49. The minimum atomic E-state index is 0.732. The molecule has 19 heavy (non-hydrogen) atoms. The van der Waals surface area contributed by atoms with Gasteiger partial charge in [0.25, 0.3) is 0 Å². The van der Waals surface area contributed by atoms with E-state index in [4.69, 9.17) is 10.5 Å². The highest BCUT2D eigenvalue weighted by atomic mass is 16.5. The Morgan fingerprint density at radius 3 is 2.42 bits per heavy atom. The van der Waals surface area contributed by atoms with Crippen molar-refractivity contribution >= 4 is 0 Å². The van der Waals surface area contributed by atoms with Crippen LogP contribution in [0.25, 0.3) is 0 Å². The first-order valence-corrected chi connectivity index (χ1v) is 7.32. The number of para-hydroxylation sites is 1. The molecular formula is C16H26N2O. The van der Waals surface area contributed by atoms with Crippen molar-refractivity contribution in [1.29, 1.82) is 0 Å². The minimum Gasteiger partial charge on any atom is -0.492 e. The lowest BCUT2D eigenvalue weighted by atomic mass is 9.97. The van der Waals surface area contributed by atoms with Crippen LogP contribution in [0.2, 0.25) is 0 Å². The van der Waals surface area contributed by atoms with Gasteiger partial charge in [-0.15, -0.1) is 0 Å². The van der Waals surface area contributed by atoms with Gasteiger partial charge in [0.1, 0.15) is 12.4 Å². The molecule has 0 atom stereocenters. The summed E-state index contributed by atoms with van der Waals surface area (Å²) < 4.78 is 5.96. The molecule has 0 aliphatic carbocycles. The zero-order chi connectivity index (χ0) is 13.7. The predicted molar refractivity (Wildman–Crippen MR) is 79.6 cm³/mol. The maximum Gasteiger partial charge on any atom is 0.125 e. The number of nitrogens with zero attached hydrogens (tertiary/aromatic N) is 1. The Labute approximate surface area is 116 Å².